The zero-order valence-electron chi connectivity index (χ0n) is 16.7. The Morgan fingerprint density at radius 2 is 1.75 bits per heavy atom. The number of rotatable bonds is 6. The number of imidazole rings is 1. The van der Waals surface area contributed by atoms with E-state index in [9.17, 15) is 9.59 Å². The number of nitrogens with zero attached hydrogens (tertiary/aromatic N) is 4. The van der Waals surface area contributed by atoms with Gasteiger partial charge in [-0.2, -0.15) is 0 Å². The Morgan fingerprint density at radius 3 is 2.39 bits per heavy atom. The van der Waals surface area contributed by atoms with E-state index in [2.05, 4.69) is 4.98 Å². The van der Waals surface area contributed by atoms with Gasteiger partial charge in [-0.15, -0.1) is 0 Å². The fourth-order valence-corrected chi connectivity index (χ4v) is 3.15. The highest BCUT2D eigenvalue weighted by atomic mass is 16.5. The molecule has 3 aromatic rings. The van der Waals surface area contributed by atoms with E-state index in [4.69, 9.17) is 9.47 Å². The van der Waals surface area contributed by atoms with Crippen molar-refractivity contribution in [3.63, 3.8) is 0 Å². The molecule has 28 heavy (non-hydrogen) atoms. The van der Waals surface area contributed by atoms with Crippen LogP contribution in [0.1, 0.15) is 24.7 Å². The molecule has 8 nitrogen and oxygen atoms in total. The lowest BCUT2D eigenvalue weighted by molar-refractivity contribution is 0.355. The lowest BCUT2D eigenvalue weighted by atomic mass is 10.2. The van der Waals surface area contributed by atoms with E-state index in [1.807, 2.05) is 31.2 Å². The van der Waals surface area contributed by atoms with Crippen LogP contribution in [-0.2, 0) is 20.6 Å². The van der Waals surface area contributed by atoms with E-state index in [0.717, 1.165) is 16.6 Å². The zero-order chi connectivity index (χ0) is 20.4. The highest BCUT2D eigenvalue weighted by molar-refractivity contribution is 5.77. The van der Waals surface area contributed by atoms with Crippen molar-refractivity contribution in [3.8, 4) is 11.5 Å². The molecule has 0 atom stereocenters. The number of hydrogen-bond donors (Lipinski definition) is 0. The average Bonchev–Trinajstić information content (AvgIpc) is 3.03. The summed E-state index contributed by atoms with van der Waals surface area (Å²) in [4.78, 5) is 29.6. The lowest BCUT2D eigenvalue weighted by Crippen LogP contribution is -2.38. The van der Waals surface area contributed by atoms with Gasteiger partial charge in [0.05, 0.1) is 14.2 Å². The Hall–Kier alpha value is -3.29. The zero-order valence-corrected chi connectivity index (χ0v) is 16.7. The molecule has 148 valence electrons. The average molecular weight is 384 g/mol. The molecule has 0 radical (unpaired) electrons. The Kier molecular flexibility index (Phi) is 5.39. The van der Waals surface area contributed by atoms with Crippen molar-refractivity contribution >= 4 is 23.3 Å². The number of fused-ring (bicyclic) bond motifs is 1. The fraction of sp³-hybridized carbons (Fsp3) is 0.350. The summed E-state index contributed by atoms with van der Waals surface area (Å²) in [5.74, 6) is 1.85. The van der Waals surface area contributed by atoms with Gasteiger partial charge in [-0.1, -0.05) is 19.1 Å². The minimum atomic E-state index is -0.354. The molecular formula is C20H24N4O4. The summed E-state index contributed by atoms with van der Waals surface area (Å²) in [5.41, 5.74) is 0.997. The van der Waals surface area contributed by atoms with Crippen molar-refractivity contribution in [3.05, 3.63) is 50.4 Å². The third-order valence-electron chi connectivity index (χ3n) is 4.67. The Labute approximate surface area is 162 Å². The molecular weight excluding hydrogens is 360 g/mol. The first kappa shape index (κ1) is 19.5. The first-order valence-electron chi connectivity index (χ1n) is 8.99. The summed E-state index contributed by atoms with van der Waals surface area (Å²) in [7, 11) is 6.43. The van der Waals surface area contributed by atoms with E-state index in [-0.39, 0.29) is 11.2 Å². The molecule has 0 bridgehead atoms. The molecule has 0 fully saturated rings. The smallest absolute Gasteiger partial charge is 0.332 e. The van der Waals surface area contributed by atoms with E-state index in [0.29, 0.717) is 35.0 Å². The molecule has 0 aliphatic heterocycles. The second-order valence-electron chi connectivity index (χ2n) is 6.45. The topological polar surface area (TPSA) is 80.3 Å². The SMILES string of the molecule is CCCn1c(=O)n(C)c(=O)c2c1nc(/C=C/c1ccc(OC)c(OC)c1)n2C. The highest BCUT2D eigenvalue weighted by Gasteiger charge is 2.17. The number of hydrogen-bond acceptors (Lipinski definition) is 5. The maximum atomic E-state index is 12.6. The molecule has 2 aromatic heterocycles. The van der Waals surface area contributed by atoms with Gasteiger partial charge in [0.1, 0.15) is 5.82 Å². The Balaban J connectivity index is 2.12. The lowest BCUT2D eigenvalue weighted by Gasteiger charge is -2.07. The van der Waals surface area contributed by atoms with Crippen LogP contribution in [0.15, 0.2) is 27.8 Å². The molecule has 0 amide bonds. The van der Waals surface area contributed by atoms with Gasteiger partial charge in [0.25, 0.3) is 5.56 Å². The number of ether oxygens (including phenoxy) is 2. The van der Waals surface area contributed by atoms with Crippen LogP contribution in [0.25, 0.3) is 23.3 Å². The van der Waals surface area contributed by atoms with Gasteiger partial charge in [-0.3, -0.25) is 13.9 Å². The normalized spacial score (nSPS) is 11.5. The van der Waals surface area contributed by atoms with Gasteiger partial charge in [-0.05, 0) is 30.2 Å². The standard InChI is InChI=1S/C20H24N4O4/c1-6-11-24-18-17(19(25)23(3)20(24)26)22(2)16(21-18)10-8-13-7-9-14(27-4)15(12-13)28-5/h7-10,12H,6,11H2,1-5H3/b10-8+. The van der Waals surface area contributed by atoms with Gasteiger partial charge in [-0.25, -0.2) is 9.78 Å². The summed E-state index contributed by atoms with van der Waals surface area (Å²) in [6.07, 6.45) is 4.44. The van der Waals surface area contributed by atoms with Crippen LogP contribution in [0, 0.1) is 0 Å². The molecule has 8 heteroatoms. The largest absolute Gasteiger partial charge is 0.493 e. The highest BCUT2D eigenvalue weighted by Crippen LogP contribution is 2.28. The fourth-order valence-electron chi connectivity index (χ4n) is 3.15. The van der Waals surface area contributed by atoms with Crippen molar-refractivity contribution in [1.29, 1.82) is 0 Å². The van der Waals surface area contributed by atoms with Crippen LogP contribution in [0.3, 0.4) is 0 Å². The first-order chi connectivity index (χ1) is 13.4. The van der Waals surface area contributed by atoms with Crippen molar-refractivity contribution in [2.45, 2.75) is 19.9 Å². The molecule has 0 unspecified atom stereocenters. The quantitative estimate of drug-likeness (QED) is 0.650. The number of aromatic nitrogens is 4. The van der Waals surface area contributed by atoms with Crippen molar-refractivity contribution in [2.75, 3.05) is 14.2 Å². The second kappa shape index (κ2) is 7.75. The third kappa shape index (κ3) is 3.21. The minimum absolute atomic E-state index is 0.354. The Bertz CT molecular complexity index is 1170. The molecule has 0 saturated carbocycles. The van der Waals surface area contributed by atoms with Gasteiger partial charge in [0.15, 0.2) is 22.7 Å². The molecule has 0 N–H and O–H groups in total. The molecule has 0 saturated heterocycles. The van der Waals surface area contributed by atoms with Crippen LogP contribution in [0.5, 0.6) is 11.5 Å². The van der Waals surface area contributed by atoms with Crippen molar-refractivity contribution < 1.29 is 9.47 Å². The van der Waals surface area contributed by atoms with Crippen LogP contribution in [-0.4, -0.2) is 32.9 Å². The van der Waals surface area contributed by atoms with E-state index < -0.39 is 0 Å². The van der Waals surface area contributed by atoms with Crippen molar-refractivity contribution in [2.24, 2.45) is 14.1 Å². The van der Waals surface area contributed by atoms with Crippen LogP contribution < -0.4 is 20.7 Å². The molecule has 1 aromatic carbocycles. The van der Waals surface area contributed by atoms with Crippen LogP contribution >= 0.6 is 0 Å². The molecule has 0 aliphatic rings. The van der Waals surface area contributed by atoms with E-state index in [1.165, 1.54) is 7.05 Å². The number of methoxy groups -OCH3 is 2. The molecule has 0 aliphatic carbocycles. The molecule has 3 rings (SSSR count). The minimum Gasteiger partial charge on any atom is -0.493 e. The predicted octanol–water partition coefficient (Wildman–Crippen LogP) is 2.03. The van der Waals surface area contributed by atoms with Gasteiger partial charge in [0.2, 0.25) is 0 Å². The number of aryl methyl sites for hydroxylation is 2. The summed E-state index contributed by atoms with van der Waals surface area (Å²) >= 11 is 0. The van der Waals surface area contributed by atoms with Crippen molar-refractivity contribution in [1.82, 2.24) is 18.7 Å². The molecule has 0 spiro atoms. The summed E-state index contributed by atoms with van der Waals surface area (Å²) < 4.78 is 15.0. The maximum Gasteiger partial charge on any atom is 0.332 e. The Morgan fingerprint density at radius 1 is 1.04 bits per heavy atom. The summed E-state index contributed by atoms with van der Waals surface area (Å²) in [5, 5.41) is 0. The number of benzene rings is 1. The van der Waals surface area contributed by atoms with E-state index >= 15 is 0 Å². The van der Waals surface area contributed by atoms with Gasteiger partial charge < -0.3 is 14.0 Å². The van der Waals surface area contributed by atoms with Crippen LogP contribution in [0.4, 0.5) is 0 Å². The van der Waals surface area contributed by atoms with E-state index in [1.54, 1.807) is 36.5 Å². The first-order valence-corrected chi connectivity index (χ1v) is 8.99. The summed E-state index contributed by atoms with van der Waals surface area (Å²) in [6, 6.07) is 5.57. The third-order valence-corrected chi connectivity index (χ3v) is 4.67. The predicted molar refractivity (Wildman–Crippen MR) is 109 cm³/mol. The maximum absolute atomic E-state index is 12.6. The molecule has 2 heterocycles. The monoisotopic (exact) mass is 384 g/mol. The van der Waals surface area contributed by atoms with Gasteiger partial charge >= 0.3 is 5.69 Å². The second-order valence-corrected chi connectivity index (χ2v) is 6.45. The van der Waals surface area contributed by atoms with Crippen LogP contribution in [0.2, 0.25) is 0 Å². The summed E-state index contributed by atoms with van der Waals surface area (Å²) in [6.45, 7) is 2.48. The van der Waals surface area contributed by atoms with Gasteiger partial charge in [0, 0.05) is 20.6 Å².